The zero-order chi connectivity index (χ0) is 34.6. The van der Waals surface area contributed by atoms with Gasteiger partial charge in [-0.1, -0.05) is 60.0 Å². The van der Waals surface area contributed by atoms with E-state index in [0.717, 1.165) is 36.8 Å². The summed E-state index contributed by atoms with van der Waals surface area (Å²) in [5.74, 6) is -1.68. The van der Waals surface area contributed by atoms with E-state index in [0.29, 0.717) is 5.75 Å². The third-order valence-corrected chi connectivity index (χ3v) is 13.3. The number of carbonyl (C=O) groups excluding carboxylic acids is 4. The zero-order valence-electron chi connectivity index (χ0n) is 28.3. The number of esters is 2. The van der Waals surface area contributed by atoms with Gasteiger partial charge in [0, 0.05) is 12.2 Å². The number of carbonyl (C=O) groups is 4. The minimum Gasteiger partial charge on any atom is -1.00 e. The second kappa shape index (κ2) is 23.1. The van der Waals surface area contributed by atoms with Crippen molar-refractivity contribution >= 4 is 63.6 Å². The van der Waals surface area contributed by atoms with Gasteiger partial charge in [0.15, 0.2) is 0 Å². The summed E-state index contributed by atoms with van der Waals surface area (Å²) in [6.07, 6.45) is 3.90. The molecule has 266 valence electrons. The smallest absolute Gasteiger partial charge is 0.325 e. The summed E-state index contributed by atoms with van der Waals surface area (Å²) in [5, 5.41) is 11.5. The number of nitrogens with two attached hydrogens (primary N) is 1. The van der Waals surface area contributed by atoms with Crippen molar-refractivity contribution in [3.05, 3.63) is 91.0 Å². The predicted molar refractivity (Wildman–Crippen MR) is 199 cm³/mol. The largest absolute Gasteiger partial charge is 1.00 e. The maximum Gasteiger partial charge on any atom is 0.325 e. The van der Waals surface area contributed by atoms with E-state index in [4.69, 9.17) is 15.2 Å². The van der Waals surface area contributed by atoms with Gasteiger partial charge in [-0.25, -0.2) is 11.4 Å². The predicted octanol–water partition coefficient (Wildman–Crippen LogP) is 0.257. The highest BCUT2D eigenvalue weighted by atomic mass is 79.9. The third kappa shape index (κ3) is 13.5. The monoisotopic (exact) mass is 773 g/mol. The summed E-state index contributed by atoms with van der Waals surface area (Å²) in [4.78, 5) is 49.3. The average Bonchev–Trinajstić information content (AvgIpc) is 3.11. The molecule has 0 aromatic heterocycles. The molecule has 2 amide bonds. The number of benzene rings is 3. The van der Waals surface area contributed by atoms with Gasteiger partial charge in [0.05, 0.1) is 19.4 Å². The van der Waals surface area contributed by atoms with Crippen molar-refractivity contribution in [2.45, 2.75) is 58.0 Å². The van der Waals surface area contributed by atoms with Gasteiger partial charge in [-0.2, -0.15) is 0 Å². The van der Waals surface area contributed by atoms with Gasteiger partial charge >= 0.3 is 11.9 Å². The molecule has 3 aromatic rings. The molecule has 12 heteroatoms. The van der Waals surface area contributed by atoms with Crippen LogP contribution in [0.25, 0.3) is 0 Å². The molecule has 49 heavy (non-hydrogen) atoms. The molecule has 0 heterocycles. The second-order valence-corrected chi connectivity index (χ2v) is 15.8. The fourth-order valence-corrected chi connectivity index (χ4v) is 10.7. The molecule has 0 spiro atoms. The van der Waals surface area contributed by atoms with Gasteiger partial charge in [-0.05, 0) is 75.9 Å². The van der Waals surface area contributed by atoms with E-state index in [2.05, 4.69) is 107 Å². The maximum absolute atomic E-state index is 13.0. The summed E-state index contributed by atoms with van der Waals surface area (Å²) < 4.78 is 9.80. The normalized spacial score (nSPS) is 12.5. The summed E-state index contributed by atoms with van der Waals surface area (Å²) in [5.41, 5.74) is 5.83. The fraction of sp³-hybridized carbons (Fsp3) is 0.378. The van der Waals surface area contributed by atoms with Crippen molar-refractivity contribution in [1.29, 1.82) is 0 Å². The van der Waals surface area contributed by atoms with Crippen molar-refractivity contribution in [2.75, 3.05) is 31.7 Å². The van der Waals surface area contributed by atoms with Crippen LogP contribution in [0, 0.1) is 0 Å². The summed E-state index contributed by atoms with van der Waals surface area (Å²) in [6.45, 7) is 3.48. The van der Waals surface area contributed by atoms with Crippen molar-refractivity contribution in [3.8, 4) is 0 Å². The van der Waals surface area contributed by atoms with Gasteiger partial charge in [0.25, 0.3) is 0 Å². The lowest BCUT2D eigenvalue weighted by Gasteiger charge is -2.27. The Morgan fingerprint density at radius 1 is 0.816 bits per heavy atom. The molecule has 9 nitrogen and oxygen atoms in total. The van der Waals surface area contributed by atoms with Crippen LogP contribution >= 0.6 is 18.6 Å². The van der Waals surface area contributed by atoms with Crippen LogP contribution in [0.4, 0.5) is 0 Å². The number of amides is 2. The van der Waals surface area contributed by atoms with Crippen LogP contribution < -0.4 is 49.3 Å². The first kappa shape index (κ1) is 41.8. The Morgan fingerprint density at radius 3 is 1.86 bits per heavy atom. The molecule has 0 unspecified atom stereocenters. The van der Waals surface area contributed by atoms with E-state index in [9.17, 15) is 19.2 Å². The number of hydrogen-bond acceptors (Lipinski definition) is 7. The first-order valence-electron chi connectivity index (χ1n) is 16.5. The molecule has 3 aromatic carbocycles. The molecule has 0 aliphatic heterocycles. The number of thiol groups is 1. The summed E-state index contributed by atoms with van der Waals surface area (Å²) in [6, 6.07) is 30.6. The molecular weight excluding hydrogens is 725 g/mol. The quantitative estimate of drug-likeness (QED) is 0.0426. The number of rotatable bonds is 20. The van der Waals surface area contributed by atoms with E-state index < -0.39 is 43.1 Å². The molecule has 4 N–H and O–H groups in total. The molecule has 0 bridgehead atoms. The highest BCUT2D eigenvalue weighted by Gasteiger charge is 2.44. The molecule has 3 rings (SSSR count). The average molecular weight is 775 g/mol. The first-order valence-corrected chi connectivity index (χ1v) is 19.6. The first-order chi connectivity index (χ1) is 23.3. The molecular formula is C37H49BrN3O6PS. The number of ether oxygens (including phenoxy) is 2. The lowest BCUT2D eigenvalue weighted by atomic mass is 10.1. The lowest BCUT2D eigenvalue weighted by molar-refractivity contribution is -0.145. The van der Waals surface area contributed by atoms with Crippen LogP contribution in [0.1, 0.15) is 46.0 Å². The minimum atomic E-state index is -1.89. The highest BCUT2D eigenvalue weighted by molar-refractivity contribution is 7.97. The van der Waals surface area contributed by atoms with Gasteiger partial charge in [0.1, 0.15) is 41.8 Å². The van der Waals surface area contributed by atoms with E-state index in [-0.39, 0.29) is 49.6 Å². The fourth-order valence-electron chi connectivity index (χ4n) is 5.35. The van der Waals surface area contributed by atoms with Crippen molar-refractivity contribution in [1.82, 2.24) is 10.6 Å². The molecule has 0 aliphatic carbocycles. The topological polar surface area (TPSA) is 137 Å². The standard InChI is InChI=1S/C37H48N3O6PS.BrH/c1-3-45-35(42)27-39-36(43)33(40-34(41)24-23-32(38)37(44)46-4-2)28-48-26-16-8-15-25-47(29-17-9-5-10-18-29,30-19-11-6-12-20-30)31-21-13-7-14-22-31;/h5-7,9-14,17-22,26,32-33,48H,3-4,8,15-16,23-25,27-28,38H2,1-2H3,(H-,39,40,41,43);1H/t32-,33-;/m0./s1. The van der Waals surface area contributed by atoms with Gasteiger partial charge in [0.2, 0.25) is 11.8 Å². The second-order valence-electron chi connectivity index (χ2n) is 11.1. The number of hydrogen-bond donors (Lipinski definition) is 4. The Morgan fingerprint density at radius 2 is 1.35 bits per heavy atom. The molecule has 0 radical (unpaired) electrons. The minimum absolute atomic E-state index is 0. The SMILES string of the molecule is CCOC(=O)CNC(=O)[C@H](C[SH]=CCCCC[P+](c1ccccc1)(c1ccccc1)c1ccccc1)NC(=O)CC[C@H](N)C(=O)OCC.[Br-]. The zero-order valence-corrected chi connectivity index (χ0v) is 31.6. The highest BCUT2D eigenvalue weighted by Crippen LogP contribution is 2.55. The Labute approximate surface area is 305 Å². The number of halogens is 1. The van der Waals surface area contributed by atoms with E-state index in [1.54, 1.807) is 13.8 Å². The van der Waals surface area contributed by atoms with Crippen molar-refractivity contribution in [2.24, 2.45) is 5.73 Å². The Kier molecular flexibility index (Phi) is 19.7. The molecule has 0 saturated carbocycles. The van der Waals surface area contributed by atoms with Crippen molar-refractivity contribution in [3.63, 3.8) is 0 Å². The van der Waals surface area contributed by atoms with Crippen LogP contribution in [0.2, 0.25) is 0 Å². The van der Waals surface area contributed by atoms with E-state index in [1.165, 1.54) is 15.9 Å². The molecule has 0 fully saturated rings. The Balaban J connectivity index is 0.00000833. The molecule has 0 aliphatic rings. The Hall–Kier alpha value is -3.37. The van der Waals surface area contributed by atoms with Crippen LogP contribution in [-0.2, 0) is 28.7 Å². The summed E-state index contributed by atoms with van der Waals surface area (Å²) >= 11 is 0.880. The van der Waals surface area contributed by atoms with Crippen LogP contribution in [0.5, 0.6) is 0 Å². The molecule has 2 atom stereocenters. The van der Waals surface area contributed by atoms with Gasteiger partial charge in [-0.3, -0.25) is 19.2 Å². The lowest BCUT2D eigenvalue weighted by Crippen LogP contribution is -3.00. The maximum atomic E-state index is 13.0. The van der Waals surface area contributed by atoms with E-state index in [1.807, 2.05) is 0 Å². The number of nitrogens with one attached hydrogen (secondary N) is 2. The van der Waals surface area contributed by atoms with Gasteiger partial charge in [-0.15, -0.1) is 0 Å². The summed E-state index contributed by atoms with van der Waals surface area (Å²) in [7, 11) is -1.89. The van der Waals surface area contributed by atoms with Gasteiger partial charge < -0.3 is 42.8 Å². The third-order valence-electron chi connectivity index (χ3n) is 7.72. The molecule has 0 saturated heterocycles. The van der Waals surface area contributed by atoms with Crippen LogP contribution in [0.3, 0.4) is 0 Å². The Bertz CT molecular complexity index is 1370. The number of unbranched alkanes of at least 4 members (excludes halogenated alkanes) is 2. The van der Waals surface area contributed by atoms with Crippen molar-refractivity contribution < 1.29 is 45.6 Å². The van der Waals surface area contributed by atoms with Crippen LogP contribution in [0.15, 0.2) is 91.0 Å². The van der Waals surface area contributed by atoms with E-state index >= 15 is 0 Å². The van der Waals surface area contributed by atoms with Crippen LogP contribution in [-0.4, -0.2) is 72.9 Å².